The fourth-order valence-electron chi connectivity index (χ4n) is 2.04. The van der Waals surface area contributed by atoms with E-state index in [9.17, 15) is 0 Å². The van der Waals surface area contributed by atoms with Gasteiger partial charge in [0, 0.05) is 24.2 Å². The lowest BCUT2D eigenvalue weighted by Crippen LogP contribution is -2.28. The number of hydrogen-bond acceptors (Lipinski definition) is 2. The van der Waals surface area contributed by atoms with Crippen molar-refractivity contribution in [2.24, 2.45) is 0 Å². The molecule has 0 radical (unpaired) electrons. The molecule has 0 saturated carbocycles. The second-order valence-corrected chi connectivity index (χ2v) is 6.31. The van der Waals surface area contributed by atoms with E-state index in [1.165, 1.54) is 21.9 Å². The molecular weight excluding hydrogens is 202 g/mol. The molecule has 82 valence electrons. The van der Waals surface area contributed by atoms with Crippen LogP contribution in [0.2, 0.25) is 0 Å². The van der Waals surface area contributed by atoms with Gasteiger partial charge in [0.25, 0.3) is 0 Å². The monoisotopic (exact) mass is 221 g/mol. The third-order valence-electron chi connectivity index (χ3n) is 2.87. The average Bonchev–Trinajstić information content (AvgIpc) is 2.16. The molecule has 1 nitrogen and oxygen atoms in total. The van der Waals surface area contributed by atoms with Gasteiger partial charge in [0.15, 0.2) is 0 Å². The second kappa shape index (κ2) is 3.75. The molecule has 1 aliphatic rings. The molecule has 0 fully saturated rings. The summed E-state index contributed by atoms with van der Waals surface area (Å²) in [6.07, 6.45) is 0. The molecule has 0 atom stereocenters. The maximum absolute atomic E-state index is 2.40. The largest absolute Gasteiger partial charge is 0.373 e. The molecule has 15 heavy (non-hydrogen) atoms. The smallest absolute Gasteiger partial charge is 0.0540 e. The van der Waals surface area contributed by atoms with Crippen LogP contribution >= 0.6 is 11.8 Å². The summed E-state index contributed by atoms with van der Waals surface area (Å²) in [5, 5.41) is 0. The van der Waals surface area contributed by atoms with Gasteiger partial charge < -0.3 is 4.90 Å². The Balaban J connectivity index is 2.57. The Labute approximate surface area is 96.9 Å². The minimum atomic E-state index is 0.234. The Bertz CT molecular complexity index is 365. The third kappa shape index (κ3) is 2.00. The van der Waals surface area contributed by atoms with Gasteiger partial charge in [-0.25, -0.2) is 0 Å². The van der Waals surface area contributed by atoms with Crippen molar-refractivity contribution in [2.75, 3.05) is 24.2 Å². The number of fused-ring (bicyclic) bond motifs is 1. The molecule has 1 aliphatic heterocycles. The Morgan fingerprint density at radius 3 is 2.67 bits per heavy atom. The summed E-state index contributed by atoms with van der Waals surface area (Å²) in [5.74, 6) is 1.21. The van der Waals surface area contributed by atoms with Crippen LogP contribution in [-0.4, -0.2) is 19.3 Å². The van der Waals surface area contributed by atoms with Crippen LogP contribution in [0.1, 0.15) is 26.3 Å². The van der Waals surface area contributed by atoms with Crippen LogP contribution in [0.4, 0.5) is 5.69 Å². The van der Waals surface area contributed by atoms with Gasteiger partial charge in [-0.3, -0.25) is 0 Å². The van der Waals surface area contributed by atoms with Crippen molar-refractivity contribution >= 4 is 17.4 Å². The Hall–Kier alpha value is -0.630. The Kier molecular flexibility index (Phi) is 2.72. The highest BCUT2D eigenvalue weighted by atomic mass is 32.2. The lowest BCUT2D eigenvalue weighted by atomic mass is 9.85. The van der Waals surface area contributed by atoms with Crippen molar-refractivity contribution in [1.29, 1.82) is 0 Å². The van der Waals surface area contributed by atoms with Crippen molar-refractivity contribution in [1.82, 2.24) is 0 Å². The van der Waals surface area contributed by atoms with Gasteiger partial charge in [0.2, 0.25) is 0 Å². The zero-order valence-corrected chi connectivity index (χ0v) is 10.8. The maximum Gasteiger partial charge on any atom is 0.0540 e. The number of nitrogens with zero attached hydrogens (tertiary/aromatic N) is 1. The number of para-hydroxylation sites is 1. The van der Waals surface area contributed by atoms with E-state index in [0.717, 1.165) is 6.54 Å². The highest BCUT2D eigenvalue weighted by Gasteiger charge is 2.24. The van der Waals surface area contributed by atoms with Gasteiger partial charge in [0.05, 0.1) is 5.69 Å². The zero-order chi connectivity index (χ0) is 11.1. The molecule has 1 aromatic carbocycles. The number of anilines is 1. The summed E-state index contributed by atoms with van der Waals surface area (Å²) in [6, 6.07) is 6.69. The summed E-state index contributed by atoms with van der Waals surface area (Å²) in [6.45, 7) is 8.02. The van der Waals surface area contributed by atoms with Gasteiger partial charge in [-0.1, -0.05) is 32.9 Å². The second-order valence-electron chi connectivity index (χ2n) is 5.17. The van der Waals surface area contributed by atoms with E-state index in [1.807, 2.05) is 11.8 Å². The van der Waals surface area contributed by atoms with Crippen LogP contribution in [0.25, 0.3) is 0 Å². The topological polar surface area (TPSA) is 3.24 Å². The van der Waals surface area contributed by atoms with E-state index in [2.05, 4.69) is 50.9 Å². The summed E-state index contributed by atoms with van der Waals surface area (Å²) >= 11 is 1.98. The van der Waals surface area contributed by atoms with E-state index in [4.69, 9.17) is 0 Å². The molecule has 0 bridgehead atoms. The summed E-state index contributed by atoms with van der Waals surface area (Å²) in [4.78, 5) is 3.84. The van der Waals surface area contributed by atoms with Crippen LogP contribution in [0.3, 0.4) is 0 Å². The average molecular weight is 221 g/mol. The predicted octanol–water partition coefficient (Wildman–Crippen LogP) is 3.53. The standard InChI is InChI=1S/C13H19NS/c1-13(2,3)10-6-5-7-11-12(10)14(4)8-9-15-11/h5-7H,8-9H2,1-4H3. The summed E-state index contributed by atoms with van der Waals surface area (Å²) in [5.41, 5.74) is 3.15. The summed E-state index contributed by atoms with van der Waals surface area (Å²) < 4.78 is 0. The minimum absolute atomic E-state index is 0.234. The SMILES string of the molecule is CN1CCSc2cccc(C(C)(C)C)c21. The van der Waals surface area contributed by atoms with E-state index < -0.39 is 0 Å². The van der Waals surface area contributed by atoms with Crippen LogP contribution in [-0.2, 0) is 5.41 Å². The predicted molar refractivity (Wildman–Crippen MR) is 69.1 cm³/mol. The molecule has 0 N–H and O–H groups in total. The number of hydrogen-bond donors (Lipinski definition) is 0. The van der Waals surface area contributed by atoms with Crippen molar-refractivity contribution < 1.29 is 0 Å². The first kappa shape index (κ1) is 10.9. The van der Waals surface area contributed by atoms with Gasteiger partial charge in [-0.05, 0) is 17.0 Å². The van der Waals surface area contributed by atoms with Crippen LogP contribution in [0.15, 0.2) is 23.1 Å². The molecule has 0 saturated heterocycles. The Morgan fingerprint density at radius 2 is 2.00 bits per heavy atom. The Morgan fingerprint density at radius 1 is 1.27 bits per heavy atom. The van der Waals surface area contributed by atoms with E-state index >= 15 is 0 Å². The number of rotatable bonds is 0. The molecule has 2 heteroatoms. The van der Waals surface area contributed by atoms with Gasteiger partial charge in [-0.2, -0.15) is 0 Å². The molecule has 0 aromatic heterocycles. The van der Waals surface area contributed by atoms with Crippen LogP contribution < -0.4 is 4.90 Å². The van der Waals surface area contributed by atoms with Crippen molar-refractivity contribution in [2.45, 2.75) is 31.1 Å². The molecule has 0 amide bonds. The van der Waals surface area contributed by atoms with E-state index in [1.54, 1.807) is 0 Å². The van der Waals surface area contributed by atoms with E-state index in [0.29, 0.717) is 0 Å². The van der Waals surface area contributed by atoms with Crippen molar-refractivity contribution in [3.63, 3.8) is 0 Å². The quantitative estimate of drug-likeness (QED) is 0.659. The molecule has 0 unspecified atom stereocenters. The zero-order valence-electron chi connectivity index (χ0n) is 10.0. The van der Waals surface area contributed by atoms with E-state index in [-0.39, 0.29) is 5.41 Å². The van der Waals surface area contributed by atoms with Gasteiger partial charge in [0.1, 0.15) is 0 Å². The maximum atomic E-state index is 2.40. The molecule has 1 aromatic rings. The fraction of sp³-hybridized carbons (Fsp3) is 0.538. The van der Waals surface area contributed by atoms with Gasteiger partial charge >= 0.3 is 0 Å². The normalized spacial score (nSPS) is 16.4. The highest BCUT2D eigenvalue weighted by Crippen LogP contribution is 2.41. The van der Waals surface area contributed by atoms with Gasteiger partial charge in [-0.15, -0.1) is 11.8 Å². The van der Waals surface area contributed by atoms with Crippen molar-refractivity contribution in [3.05, 3.63) is 23.8 Å². The fourth-order valence-corrected chi connectivity index (χ4v) is 3.20. The first-order chi connectivity index (χ1) is 7.00. The molecule has 1 heterocycles. The lowest BCUT2D eigenvalue weighted by Gasteiger charge is -2.33. The summed E-state index contributed by atoms with van der Waals surface area (Å²) in [7, 11) is 2.20. The third-order valence-corrected chi connectivity index (χ3v) is 3.90. The molecule has 0 spiro atoms. The first-order valence-electron chi connectivity index (χ1n) is 5.47. The molecule has 2 rings (SSSR count). The molecule has 0 aliphatic carbocycles. The highest BCUT2D eigenvalue weighted by molar-refractivity contribution is 7.99. The first-order valence-corrected chi connectivity index (χ1v) is 6.46. The van der Waals surface area contributed by atoms with Crippen LogP contribution in [0.5, 0.6) is 0 Å². The number of thioether (sulfide) groups is 1. The minimum Gasteiger partial charge on any atom is -0.373 e. The lowest BCUT2D eigenvalue weighted by molar-refractivity contribution is 0.586. The molecular formula is C13H19NS. The van der Waals surface area contributed by atoms with Crippen molar-refractivity contribution in [3.8, 4) is 0 Å². The number of benzene rings is 1. The van der Waals surface area contributed by atoms with Crippen LogP contribution in [0, 0.1) is 0 Å².